The Hall–Kier alpha value is -1.26. The Kier molecular flexibility index (Phi) is 4.58. The van der Waals surface area contributed by atoms with Crippen molar-refractivity contribution in [1.29, 1.82) is 0 Å². The van der Waals surface area contributed by atoms with E-state index in [2.05, 4.69) is 10.6 Å². The monoisotopic (exact) mass is 216 g/mol. The lowest BCUT2D eigenvalue weighted by Gasteiger charge is -2.26. The third-order valence-electron chi connectivity index (χ3n) is 1.73. The number of carboxylic acid groups (broad SMARTS) is 1. The quantitative estimate of drug-likeness (QED) is 0.663. The summed E-state index contributed by atoms with van der Waals surface area (Å²) in [6.45, 7) is 9.14. The predicted octanol–water partition coefficient (Wildman–Crippen LogP) is 1.19. The molecule has 88 valence electrons. The Bertz CT molecular complexity index is 244. The van der Waals surface area contributed by atoms with Crippen molar-refractivity contribution in [2.24, 2.45) is 5.92 Å². The Morgan fingerprint density at radius 2 is 1.67 bits per heavy atom. The Morgan fingerprint density at radius 1 is 1.20 bits per heavy atom. The Morgan fingerprint density at radius 3 is 1.93 bits per heavy atom. The van der Waals surface area contributed by atoms with Gasteiger partial charge in [-0.2, -0.15) is 0 Å². The van der Waals surface area contributed by atoms with Crippen LogP contribution in [-0.4, -0.2) is 28.7 Å². The van der Waals surface area contributed by atoms with E-state index in [4.69, 9.17) is 5.11 Å². The van der Waals surface area contributed by atoms with Crippen LogP contribution in [0.1, 0.15) is 34.6 Å². The molecule has 0 bridgehead atoms. The molecule has 15 heavy (non-hydrogen) atoms. The molecule has 0 aliphatic rings. The van der Waals surface area contributed by atoms with Crippen LogP contribution in [0.2, 0.25) is 0 Å². The van der Waals surface area contributed by atoms with Gasteiger partial charge in [-0.3, -0.25) is 4.79 Å². The lowest BCUT2D eigenvalue weighted by molar-refractivity contribution is -0.125. The summed E-state index contributed by atoms with van der Waals surface area (Å²) in [6.07, 6.45) is -1.18. The summed E-state index contributed by atoms with van der Waals surface area (Å²) in [5, 5.41) is 13.5. The van der Waals surface area contributed by atoms with Gasteiger partial charge in [0.05, 0.1) is 0 Å². The van der Waals surface area contributed by atoms with E-state index in [9.17, 15) is 9.59 Å². The summed E-state index contributed by atoms with van der Waals surface area (Å²) in [6, 6.07) is -0.707. The third kappa shape index (κ3) is 5.93. The number of amides is 2. The summed E-state index contributed by atoms with van der Waals surface area (Å²) >= 11 is 0. The molecule has 5 nitrogen and oxygen atoms in total. The maximum absolute atomic E-state index is 11.7. The average Bonchev–Trinajstić information content (AvgIpc) is 1.95. The van der Waals surface area contributed by atoms with E-state index in [-0.39, 0.29) is 17.4 Å². The van der Waals surface area contributed by atoms with Crippen molar-refractivity contribution in [3.05, 3.63) is 0 Å². The van der Waals surface area contributed by atoms with Gasteiger partial charge in [-0.25, -0.2) is 4.79 Å². The van der Waals surface area contributed by atoms with Gasteiger partial charge in [0.1, 0.15) is 6.04 Å². The number of carbonyl (C=O) groups is 2. The average molecular weight is 216 g/mol. The van der Waals surface area contributed by atoms with Gasteiger partial charge < -0.3 is 15.7 Å². The molecule has 0 aromatic carbocycles. The van der Waals surface area contributed by atoms with Gasteiger partial charge in [0.15, 0.2) is 0 Å². The third-order valence-corrected chi connectivity index (χ3v) is 1.73. The largest absolute Gasteiger partial charge is 0.465 e. The fourth-order valence-electron chi connectivity index (χ4n) is 1.12. The standard InChI is InChI=1S/C10H20N2O3/c1-6(2)7(11-9(14)15)8(13)12-10(3,4)5/h6-7,11H,1-5H3,(H,12,13)(H,14,15)/t7-/m0/s1. The molecule has 1 atom stereocenters. The van der Waals surface area contributed by atoms with Crippen molar-refractivity contribution in [3.63, 3.8) is 0 Å². The predicted molar refractivity (Wildman–Crippen MR) is 57.7 cm³/mol. The van der Waals surface area contributed by atoms with Crippen LogP contribution in [-0.2, 0) is 4.79 Å². The Labute approximate surface area is 90.2 Å². The molecule has 0 aromatic rings. The normalized spacial score (nSPS) is 13.5. The highest BCUT2D eigenvalue weighted by atomic mass is 16.4. The van der Waals surface area contributed by atoms with E-state index in [1.165, 1.54) is 0 Å². The number of hydrogen-bond donors (Lipinski definition) is 3. The zero-order chi connectivity index (χ0) is 12.2. The van der Waals surface area contributed by atoms with Crippen molar-refractivity contribution in [1.82, 2.24) is 10.6 Å². The minimum absolute atomic E-state index is 0.0801. The van der Waals surface area contributed by atoms with Crippen molar-refractivity contribution >= 4 is 12.0 Å². The number of nitrogens with one attached hydrogen (secondary N) is 2. The number of hydrogen-bond acceptors (Lipinski definition) is 2. The van der Waals surface area contributed by atoms with Gasteiger partial charge in [0.2, 0.25) is 5.91 Å². The van der Waals surface area contributed by atoms with Gasteiger partial charge in [-0.15, -0.1) is 0 Å². The summed E-state index contributed by atoms with van der Waals surface area (Å²) in [7, 11) is 0. The first-order valence-corrected chi connectivity index (χ1v) is 4.95. The van der Waals surface area contributed by atoms with Crippen LogP contribution >= 0.6 is 0 Å². The van der Waals surface area contributed by atoms with E-state index >= 15 is 0 Å². The second-order valence-corrected chi connectivity index (χ2v) is 4.91. The molecule has 0 spiro atoms. The SMILES string of the molecule is CC(C)[C@H](NC(=O)O)C(=O)NC(C)(C)C. The van der Waals surface area contributed by atoms with E-state index < -0.39 is 12.1 Å². The van der Waals surface area contributed by atoms with Gasteiger partial charge in [-0.05, 0) is 26.7 Å². The zero-order valence-corrected chi connectivity index (χ0v) is 9.92. The van der Waals surface area contributed by atoms with E-state index in [0.29, 0.717) is 0 Å². The lowest BCUT2D eigenvalue weighted by Crippen LogP contribution is -2.53. The second kappa shape index (κ2) is 5.00. The fraction of sp³-hybridized carbons (Fsp3) is 0.800. The van der Waals surface area contributed by atoms with Crippen molar-refractivity contribution in [2.45, 2.75) is 46.2 Å². The summed E-state index contributed by atoms with van der Waals surface area (Å²) < 4.78 is 0. The highest BCUT2D eigenvalue weighted by Crippen LogP contribution is 2.05. The maximum atomic E-state index is 11.7. The first-order chi connectivity index (χ1) is 6.63. The van der Waals surface area contributed by atoms with Crippen LogP contribution in [0, 0.1) is 5.92 Å². The topological polar surface area (TPSA) is 78.4 Å². The summed E-state index contributed by atoms with van der Waals surface area (Å²) in [5.41, 5.74) is -0.357. The molecule has 0 aromatic heterocycles. The van der Waals surface area contributed by atoms with Crippen LogP contribution in [0.25, 0.3) is 0 Å². The Balaban J connectivity index is 4.50. The van der Waals surface area contributed by atoms with Crippen LogP contribution in [0.15, 0.2) is 0 Å². The van der Waals surface area contributed by atoms with Crippen LogP contribution in [0.5, 0.6) is 0 Å². The smallest absolute Gasteiger partial charge is 0.405 e. The van der Waals surface area contributed by atoms with E-state index in [0.717, 1.165) is 0 Å². The molecule has 0 unspecified atom stereocenters. The molecule has 0 saturated heterocycles. The minimum Gasteiger partial charge on any atom is -0.465 e. The van der Waals surface area contributed by atoms with Crippen molar-refractivity contribution < 1.29 is 14.7 Å². The van der Waals surface area contributed by atoms with Gasteiger partial charge in [0, 0.05) is 5.54 Å². The molecule has 3 N–H and O–H groups in total. The molecule has 0 saturated carbocycles. The van der Waals surface area contributed by atoms with Crippen molar-refractivity contribution in [3.8, 4) is 0 Å². The lowest BCUT2D eigenvalue weighted by atomic mass is 10.0. The minimum atomic E-state index is -1.18. The van der Waals surface area contributed by atoms with Crippen molar-refractivity contribution in [2.75, 3.05) is 0 Å². The van der Waals surface area contributed by atoms with Crippen LogP contribution < -0.4 is 10.6 Å². The second-order valence-electron chi connectivity index (χ2n) is 4.91. The first-order valence-electron chi connectivity index (χ1n) is 4.95. The van der Waals surface area contributed by atoms with Gasteiger partial charge >= 0.3 is 6.09 Å². The van der Waals surface area contributed by atoms with Crippen LogP contribution in [0.4, 0.5) is 4.79 Å². The fourth-order valence-corrected chi connectivity index (χ4v) is 1.12. The molecular weight excluding hydrogens is 196 g/mol. The van der Waals surface area contributed by atoms with Gasteiger partial charge in [0.25, 0.3) is 0 Å². The molecule has 0 aliphatic carbocycles. The summed E-state index contributed by atoms with van der Waals surface area (Å²) in [5.74, 6) is -0.372. The molecular formula is C10H20N2O3. The molecule has 0 aliphatic heterocycles. The number of carbonyl (C=O) groups excluding carboxylic acids is 1. The molecule has 0 fully saturated rings. The van der Waals surface area contributed by atoms with Gasteiger partial charge in [-0.1, -0.05) is 13.8 Å². The van der Waals surface area contributed by atoms with Crippen LogP contribution in [0.3, 0.4) is 0 Å². The molecule has 2 amide bonds. The summed E-state index contributed by atoms with van der Waals surface area (Å²) in [4.78, 5) is 22.2. The number of rotatable bonds is 3. The highest BCUT2D eigenvalue weighted by Gasteiger charge is 2.26. The molecule has 0 rings (SSSR count). The molecule has 5 heteroatoms. The zero-order valence-electron chi connectivity index (χ0n) is 9.92. The maximum Gasteiger partial charge on any atom is 0.405 e. The van der Waals surface area contributed by atoms with E-state index in [1.807, 2.05) is 20.8 Å². The van der Waals surface area contributed by atoms with E-state index in [1.54, 1.807) is 13.8 Å². The molecule has 0 radical (unpaired) electrons. The first kappa shape index (κ1) is 13.7. The highest BCUT2D eigenvalue weighted by molar-refractivity contribution is 5.85. The molecule has 0 heterocycles.